The third-order valence-electron chi connectivity index (χ3n) is 2.74. The van der Waals surface area contributed by atoms with Crippen molar-refractivity contribution in [2.75, 3.05) is 6.61 Å². The van der Waals surface area contributed by atoms with Gasteiger partial charge in [-0.05, 0) is 26.7 Å². The molecule has 0 aromatic carbocycles. The van der Waals surface area contributed by atoms with Gasteiger partial charge in [0.1, 0.15) is 0 Å². The first-order chi connectivity index (χ1) is 7.28. The second-order valence-electron chi connectivity index (χ2n) is 3.98. The van der Waals surface area contributed by atoms with Crippen molar-refractivity contribution >= 4 is 11.3 Å². The Morgan fingerprint density at radius 3 is 3.00 bits per heavy atom. The van der Waals surface area contributed by atoms with Crippen LogP contribution in [0.2, 0.25) is 0 Å². The number of aromatic nitrogens is 1. The van der Waals surface area contributed by atoms with Crippen LogP contribution in [0.4, 0.5) is 0 Å². The largest absolute Gasteiger partial charge is 0.378 e. The van der Waals surface area contributed by atoms with E-state index in [0.717, 1.165) is 36.7 Å². The first-order valence-electron chi connectivity index (χ1n) is 5.54. The quantitative estimate of drug-likeness (QED) is 0.835. The molecular formula is C11H18N2OS. The Morgan fingerprint density at radius 1 is 1.60 bits per heavy atom. The van der Waals surface area contributed by atoms with Crippen LogP contribution >= 0.6 is 11.3 Å². The van der Waals surface area contributed by atoms with Gasteiger partial charge in [0, 0.05) is 24.6 Å². The van der Waals surface area contributed by atoms with Gasteiger partial charge in [0.25, 0.3) is 0 Å². The van der Waals surface area contributed by atoms with E-state index in [1.165, 1.54) is 0 Å². The molecule has 15 heavy (non-hydrogen) atoms. The molecule has 1 aliphatic carbocycles. The van der Waals surface area contributed by atoms with E-state index in [-0.39, 0.29) is 0 Å². The molecule has 84 valence electrons. The Kier molecular flexibility index (Phi) is 3.72. The Balaban J connectivity index is 1.64. The molecule has 1 aliphatic rings. The first-order valence-corrected chi connectivity index (χ1v) is 6.42. The highest BCUT2D eigenvalue weighted by molar-refractivity contribution is 7.09. The summed E-state index contributed by atoms with van der Waals surface area (Å²) in [5.74, 6) is 0. The lowest BCUT2D eigenvalue weighted by Gasteiger charge is -2.35. The number of ether oxygens (including phenoxy) is 1. The van der Waals surface area contributed by atoms with Gasteiger partial charge < -0.3 is 10.1 Å². The predicted octanol–water partition coefficient (Wildman–Crippen LogP) is 2.11. The van der Waals surface area contributed by atoms with Gasteiger partial charge in [-0.25, -0.2) is 4.98 Å². The van der Waals surface area contributed by atoms with Crippen molar-refractivity contribution in [3.05, 3.63) is 16.1 Å². The lowest BCUT2D eigenvalue weighted by atomic mass is 9.89. The highest BCUT2D eigenvalue weighted by Gasteiger charge is 2.28. The van der Waals surface area contributed by atoms with Crippen molar-refractivity contribution in [1.29, 1.82) is 0 Å². The molecule has 0 aliphatic heterocycles. The van der Waals surface area contributed by atoms with Crippen molar-refractivity contribution < 1.29 is 4.74 Å². The SMILES string of the molecule is CCOC1CC(NCc2csc(C)n2)C1. The summed E-state index contributed by atoms with van der Waals surface area (Å²) in [4.78, 5) is 4.42. The zero-order valence-electron chi connectivity index (χ0n) is 9.32. The normalized spacial score (nSPS) is 25.2. The lowest BCUT2D eigenvalue weighted by molar-refractivity contribution is -0.0103. The van der Waals surface area contributed by atoms with Gasteiger partial charge in [-0.3, -0.25) is 0 Å². The van der Waals surface area contributed by atoms with E-state index >= 15 is 0 Å². The Labute approximate surface area is 94.9 Å². The Morgan fingerprint density at radius 2 is 2.40 bits per heavy atom. The fraction of sp³-hybridized carbons (Fsp3) is 0.727. The van der Waals surface area contributed by atoms with Crippen LogP contribution < -0.4 is 5.32 Å². The molecule has 0 saturated heterocycles. The maximum Gasteiger partial charge on any atom is 0.0897 e. The fourth-order valence-corrected chi connectivity index (χ4v) is 2.46. The molecule has 0 spiro atoms. The molecule has 0 amide bonds. The van der Waals surface area contributed by atoms with Gasteiger partial charge >= 0.3 is 0 Å². The second kappa shape index (κ2) is 5.05. The molecule has 1 fully saturated rings. The number of rotatable bonds is 5. The van der Waals surface area contributed by atoms with Crippen molar-refractivity contribution in [1.82, 2.24) is 10.3 Å². The summed E-state index contributed by atoms with van der Waals surface area (Å²) in [5.41, 5.74) is 1.16. The molecule has 1 aromatic heterocycles. The average Bonchev–Trinajstić information content (AvgIpc) is 2.55. The molecule has 1 heterocycles. The standard InChI is InChI=1S/C11H18N2OS/c1-3-14-11-4-9(5-11)12-6-10-7-15-8(2)13-10/h7,9,11-12H,3-6H2,1-2H3. The maximum atomic E-state index is 5.51. The van der Waals surface area contributed by atoms with Crippen LogP contribution in [0.5, 0.6) is 0 Å². The third-order valence-corrected chi connectivity index (χ3v) is 3.56. The van der Waals surface area contributed by atoms with E-state index in [4.69, 9.17) is 4.74 Å². The van der Waals surface area contributed by atoms with Crippen LogP contribution in [0.15, 0.2) is 5.38 Å². The predicted molar refractivity (Wildman–Crippen MR) is 62.1 cm³/mol. The summed E-state index contributed by atoms with van der Waals surface area (Å²) < 4.78 is 5.51. The van der Waals surface area contributed by atoms with E-state index in [9.17, 15) is 0 Å². The van der Waals surface area contributed by atoms with E-state index in [2.05, 4.69) is 22.6 Å². The number of thiazole rings is 1. The highest BCUT2D eigenvalue weighted by Crippen LogP contribution is 2.23. The molecular weight excluding hydrogens is 208 g/mol. The van der Waals surface area contributed by atoms with Crippen LogP contribution in [-0.4, -0.2) is 23.7 Å². The smallest absolute Gasteiger partial charge is 0.0897 e. The number of hydrogen-bond acceptors (Lipinski definition) is 4. The minimum atomic E-state index is 0.490. The fourth-order valence-electron chi connectivity index (χ4n) is 1.84. The summed E-state index contributed by atoms with van der Waals surface area (Å²) in [7, 11) is 0. The van der Waals surface area contributed by atoms with Crippen LogP contribution in [0.25, 0.3) is 0 Å². The van der Waals surface area contributed by atoms with Crippen LogP contribution in [0.1, 0.15) is 30.5 Å². The molecule has 0 radical (unpaired) electrons. The van der Waals surface area contributed by atoms with Gasteiger partial charge in [-0.15, -0.1) is 11.3 Å². The molecule has 0 bridgehead atoms. The molecule has 2 rings (SSSR count). The second-order valence-corrected chi connectivity index (χ2v) is 5.05. The van der Waals surface area contributed by atoms with Crippen molar-refractivity contribution in [2.24, 2.45) is 0 Å². The van der Waals surface area contributed by atoms with Crippen molar-refractivity contribution in [3.8, 4) is 0 Å². The molecule has 1 saturated carbocycles. The monoisotopic (exact) mass is 226 g/mol. The zero-order valence-corrected chi connectivity index (χ0v) is 10.1. The molecule has 4 heteroatoms. The van der Waals surface area contributed by atoms with Gasteiger partial charge in [0.15, 0.2) is 0 Å². The van der Waals surface area contributed by atoms with Gasteiger partial charge in [0.05, 0.1) is 16.8 Å². The molecule has 1 N–H and O–H groups in total. The number of hydrogen-bond donors (Lipinski definition) is 1. The Hall–Kier alpha value is -0.450. The van der Waals surface area contributed by atoms with Crippen molar-refractivity contribution in [2.45, 2.75) is 45.4 Å². The number of aryl methyl sites for hydroxylation is 1. The minimum Gasteiger partial charge on any atom is -0.378 e. The third kappa shape index (κ3) is 3.00. The molecule has 0 unspecified atom stereocenters. The Bertz CT molecular complexity index is 307. The van der Waals surface area contributed by atoms with E-state index in [0.29, 0.717) is 12.1 Å². The van der Waals surface area contributed by atoms with E-state index in [1.807, 2.05) is 6.92 Å². The van der Waals surface area contributed by atoms with Gasteiger partial charge in [-0.1, -0.05) is 0 Å². The topological polar surface area (TPSA) is 34.1 Å². The number of nitrogens with one attached hydrogen (secondary N) is 1. The minimum absolute atomic E-state index is 0.490. The number of nitrogens with zero attached hydrogens (tertiary/aromatic N) is 1. The van der Waals surface area contributed by atoms with E-state index in [1.54, 1.807) is 11.3 Å². The van der Waals surface area contributed by atoms with E-state index < -0.39 is 0 Å². The summed E-state index contributed by atoms with van der Waals surface area (Å²) >= 11 is 1.71. The highest BCUT2D eigenvalue weighted by atomic mass is 32.1. The molecule has 0 atom stereocenters. The zero-order chi connectivity index (χ0) is 10.7. The van der Waals surface area contributed by atoms with Gasteiger partial charge in [-0.2, -0.15) is 0 Å². The van der Waals surface area contributed by atoms with Crippen LogP contribution in [0, 0.1) is 6.92 Å². The maximum absolute atomic E-state index is 5.51. The summed E-state index contributed by atoms with van der Waals surface area (Å²) in [6.45, 7) is 5.83. The van der Waals surface area contributed by atoms with Crippen molar-refractivity contribution in [3.63, 3.8) is 0 Å². The van der Waals surface area contributed by atoms with Gasteiger partial charge in [0.2, 0.25) is 0 Å². The molecule has 3 nitrogen and oxygen atoms in total. The lowest BCUT2D eigenvalue weighted by Crippen LogP contribution is -2.45. The average molecular weight is 226 g/mol. The summed E-state index contributed by atoms with van der Waals surface area (Å²) in [6.07, 6.45) is 2.79. The molecule has 1 aromatic rings. The first kappa shape index (κ1) is 11.0. The summed E-state index contributed by atoms with van der Waals surface area (Å²) in [5, 5.41) is 6.77. The summed E-state index contributed by atoms with van der Waals surface area (Å²) in [6, 6.07) is 0.628. The van der Waals surface area contributed by atoms with Crippen LogP contribution in [-0.2, 0) is 11.3 Å². The van der Waals surface area contributed by atoms with Crippen LogP contribution in [0.3, 0.4) is 0 Å².